The summed E-state index contributed by atoms with van der Waals surface area (Å²) in [6, 6.07) is 16.1. The van der Waals surface area contributed by atoms with Crippen molar-refractivity contribution in [3.63, 3.8) is 0 Å². The predicted octanol–water partition coefficient (Wildman–Crippen LogP) is 3.99. The first-order valence-electron chi connectivity index (χ1n) is 6.32. The molecule has 0 fully saturated rings. The topological polar surface area (TPSA) is 21.3 Å². The Labute approximate surface area is 119 Å². The first-order chi connectivity index (χ1) is 9.20. The molecular weight excluding hydrogens is 258 g/mol. The highest BCUT2D eigenvalue weighted by atomic mass is 35.5. The van der Waals surface area contributed by atoms with E-state index in [1.807, 2.05) is 31.3 Å². The molecule has 19 heavy (non-hydrogen) atoms. The lowest BCUT2D eigenvalue weighted by Crippen LogP contribution is -2.23. The van der Waals surface area contributed by atoms with Crippen LogP contribution >= 0.6 is 11.6 Å². The molecule has 0 aliphatic heterocycles. The zero-order valence-corrected chi connectivity index (χ0v) is 11.9. The minimum atomic E-state index is 0.150. The molecule has 100 valence electrons. The van der Waals surface area contributed by atoms with Crippen molar-refractivity contribution in [1.82, 2.24) is 5.32 Å². The van der Waals surface area contributed by atoms with Gasteiger partial charge < -0.3 is 10.1 Å². The van der Waals surface area contributed by atoms with E-state index in [0.717, 1.165) is 5.75 Å². The van der Waals surface area contributed by atoms with Crippen LogP contribution in [0.25, 0.3) is 0 Å². The molecule has 0 aromatic heterocycles. The monoisotopic (exact) mass is 275 g/mol. The van der Waals surface area contributed by atoms with Gasteiger partial charge in [-0.05, 0) is 31.7 Å². The third-order valence-electron chi connectivity index (χ3n) is 3.07. The van der Waals surface area contributed by atoms with Crippen LogP contribution in [0.5, 0.6) is 5.75 Å². The lowest BCUT2D eigenvalue weighted by atomic mass is 10.1. The Morgan fingerprint density at radius 1 is 1.11 bits per heavy atom. The van der Waals surface area contributed by atoms with Gasteiger partial charge in [0.25, 0.3) is 0 Å². The highest BCUT2D eigenvalue weighted by Gasteiger charge is 2.10. The number of hydrogen-bond donors (Lipinski definition) is 1. The van der Waals surface area contributed by atoms with E-state index in [1.165, 1.54) is 11.1 Å². The summed E-state index contributed by atoms with van der Waals surface area (Å²) in [4.78, 5) is 0. The zero-order chi connectivity index (χ0) is 13.7. The van der Waals surface area contributed by atoms with E-state index < -0.39 is 0 Å². The van der Waals surface area contributed by atoms with Gasteiger partial charge in [0.2, 0.25) is 0 Å². The fraction of sp³-hybridized carbons (Fsp3) is 0.250. The third kappa shape index (κ3) is 3.72. The van der Waals surface area contributed by atoms with Crippen molar-refractivity contribution in [3.8, 4) is 5.75 Å². The molecule has 0 saturated heterocycles. The van der Waals surface area contributed by atoms with E-state index >= 15 is 0 Å². The number of likely N-dealkylation sites (N-methyl/N-ethyl adjacent to an activating group) is 1. The Morgan fingerprint density at radius 3 is 2.42 bits per heavy atom. The molecule has 0 heterocycles. The molecule has 0 radical (unpaired) electrons. The van der Waals surface area contributed by atoms with Gasteiger partial charge in [-0.3, -0.25) is 0 Å². The van der Waals surface area contributed by atoms with E-state index in [1.54, 1.807) is 0 Å². The van der Waals surface area contributed by atoms with Gasteiger partial charge in [0.15, 0.2) is 0 Å². The largest absolute Gasteiger partial charge is 0.490 e. The van der Waals surface area contributed by atoms with Gasteiger partial charge >= 0.3 is 0 Å². The normalized spacial score (nSPS) is 12.2. The fourth-order valence-corrected chi connectivity index (χ4v) is 2.07. The summed E-state index contributed by atoms with van der Waals surface area (Å²) in [6.45, 7) is 2.63. The van der Waals surface area contributed by atoms with E-state index in [2.05, 4.69) is 36.5 Å². The lowest BCUT2D eigenvalue weighted by molar-refractivity contribution is 0.273. The van der Waals surface area contributed by atoms with Gasteiger partial charge in [0.05, 0.1) is 11.1 Å². The van der Waals surface area contributed by atoms with Crippen molar-refractivity contribution >= 4 is 11.6 Å². The van der Waals surface area contributed by atoms with Gasteiger partial charge in [0, 0.05) is 0 Å². The summed E-state index contributed by atoms with van der Waals surface area (Å²) < 4.78 is 5.78. The molecular formula is C16H18ClNO. The Hall–Kier alpha value is -1.51. The minimum Gasteiger partial charge on any atom is -0.490 e. The molecule has 0 spiro atoms. The fourth-order valence-electron chi connectivity index (χ4n) is 1.88. The van der Waals surface area contributed by atoms with Crippen molar-refractivity contribution in [1.29, 1.82) is 0 Å². The van der Waals surface area contributed by atoms with Crippen LogP contribution in [0, 0.1) is 6.92 Å². The highest BCUT2D eigenvalue weighted by Crippen LogP contribution is 2.24. The number of rotatable bonds is 5. The second-order valence-corrected chi connectivity index (χ2v) is 4.90. The highest BCUT2D eigenvalue weighted by molar-refractivity contribution is 6.32. The SMILES string of the molecule is CNC(COc1ccccc1Cl)c1ccc(C)cc1. The van der Waals surface area contributed by atoms with Crippen LogP contribution in [0.3, 0.4) is 0 Å². The summed E-state index contributed by atoms with van der Waals surface area (Å²) in [5.74, 6) is 0.719. The molecule has 3 heteroatoms. The number of halogens is 1. The van der Waals surface area contributed by atoms with Crippen molar-refractivity contribution in [2.75, 3.05) is 13.7 Å². The van der Waals surface area contributed by atoms with Crippen LogP contribution in [0.4, 0.5) is 0 Å². The lowest BCUT2D eigenvalue weighted by Gasteiger charge is -2.18. The first kappa shape index (κ1) is 13.9. The minimum absolute atomic E-state index is 0.150. The molecule has 0 saturated carbocycles. The van der Waals surface area contributed by atoms with Crippen molar-refractivity contribution < 1.29 is 4.74 Å². The molecule has 0 bridgehead atoms. The number of nitrogens with one attached hydrogen (secondary N) is 1. The van der Waals surface area contributed by atoms with Crippen molar-refractivity contribution in [3.05, 3.63) is 64.7 Å². The second-order valence-electron chi connectivity index (χ2n) is 4.49. The average Bonchev–Trinajstić information content (AvgIpc) is 2.43. The number of para-hydroxylation sites is 1. The van der Waals surface area contributed by atoms with Crippen LogP contribution in [-0.2, 0) is 0 Å². The van der Waals surface area contributed by atoms with E-state index in [-0.39, 0.29) is 6.04 Å². The maximum Gasteiger partial charge on any atom is 0.137 e. The number of hydrogen-bond acceptors (Lipinski definition) is 2. The molecule has 0 amide bonds. The van der Waals surface area contributed by atoms with Gasteiger partial charge in [-0.25, -0.2) is 0 Å². The Bertz CT molecular complexity index is 525. The van der Waals surface area contributed by atoms with Crippen LogP contribution in [0.2, 0.25) is 5.02 Å². The average molecular weight is 276 g/mol. The van der Waals surface area contributed by atoms with Gasteiger partial charge in [-0.1, -0.05) is 53.6 Å². The van der Waals surface area contributed by atoms with E-state index in [4.69, 9.17) is 16.3 Å². The summed E-state index contributed by atoms with van der Waals surface area (Å²) >= 11 is 6.07. The number of aryl methyl sites for hydroxylation is 1. The molecule has 1 unspecified atom stereocenters. The summed E-state index contributed by atoms with van der Waals surface area (Å²) in [6.07, 6.45) is 0. The first-order valence-corrected chi connectivity index (χ1v) is 6.69. The Morgan fingerprint density at radius 2 is 1.79 bits per heavy atom. The Balaban J connectivity index is 2.04. The van der Waals surface area contributed by atoms with Gasteiger partial charge in [0.1, 0.15) is 12.4 Å². The smallest absolute Gasteiger partial charge is 0.137 e. The maximum atomic E-state index is 6.07. The van der Waals surface area contributed by atoms with Crippen LogP contribution in [0.1, 0.15) is 17.2 Å². The van der Waals surface area contributed by atoms with Crippen LogP contribution in [-0.4, -0.2) is 13.7 Å². The van der Waals surface area contributed by atoms with Crippen LogP contribution in [0.15, 0.2) is 48.5 Å². The predicted molar refractivity (Wildman–Crippen MR) is 79.9 cm³/mol. The van der Waals surface area contributed by atoms with Crippen molar-refractivity contribution in [2.24, 2.45) is 0 Å². The third-order valence-corrected chi connectivity index (χ3v) is 3.38. The molecule has 0 aliphatic carbocycles. The molecule has 1 N–H and O–H groups in total. The van der Waals surface area contributed by atoms with Gasteiger partial charge in [-0.15, -0.1) is 0 Å². The van der Waals surface area contributed by atoms with Gasteiger partial charge in [-0.2, -0.15) is 0 Å². The Kier molecular flexibility index (Phi) is 4.83. The van der Waals surface area contributed by atoms with E-state index in [0.29, 0.717) is 11.6 Å². The number of benzene rings is 2. The van der Waals surface area contributed by atoms with Crippen molar-refractivity contribution in [2.45, 2.75) is 13.0 Å². The quantitative estimate of drug-likeness (QED) is 0.891. The second kappa shape index (κ2) is 6.60. The van der Waals surface area contributed by atoms with E-state index in [9.17, 15) is 0 Å². The standard InChI is InChI=1S/C16H18ClNO/c1-12-7-9-13(10-8-12)15(18-2)11-19-16-6-4-3-5-14(16)17/h3-10,15,18H,11H2,1-2H3. The summed E-state index contributed by atoms with van der Waals surface area (Å²) in [5, 5.41) is 3.90. The van der Waals surface area contributed by atoms with Crippen LogP contribution < -0.4 is 10.1 Å². The molecule has 2 aromatic rings. The molecule has 2 rings (SSSR count). The zero-order valence-electron chi connectivity index (χ0n) is 11.2. The molecule has 0 aliphatic rings. The summed E-state index contributed by atoms with van der Waals surface area (Å²) in [7, 11) is 1.93. The molecule has 2 aromatic carbocycles. The summed E-state index contributed by atoms with van der Waals surface area (Å²) in [5.41, 5.74) is 2.46. The maximum absolute atomic E-state index is 6.07. The molecule has 2 nitrogen and oxygen atoms in total. The number of ether oxygens (including phenoxy) is 1. The molecule has 1 atom stereocenters.